The molecule has 0 amide bonds. The Balaban J connectivity index is 3.89. The first-order chi connectivity index (χ1) is 47.6. The monoisotopic (exact) mass is 1370 g/mol. The molecule has 0 aliphatic heterocycles. The number of carbonyl (C=O) groups excluding carboxylic acids is 2. The van der Waals surface area contributed by atoms with Crippen molar-refractivity contribution < 1.29 is 42.9 Å². The van der Waals surface area contributed by atoms with Crippen molar-refractivity contribution in [3.05, 3.63) is 12.2 Å². The highest BCUT2D eigenvalue weighted by atomic mass is 16.7. The number of allylic oxidation sites excluding steroid dienone is 2. The lowest BCUT2D eigenvalue weighted by molar-refractivity contribution is -0.870. The molecule has 0 saturated carbocycles. The summed E-state index contributed by atoms with van der Waals surface area (Å²) in [5.74, 6) is -1.96. The van der Waals surface area contributed by atoms with Crippen LogP contribution in [-0.2, 0) is 33.3 Å². The SMILES string of the molecule is CCCCCCCCCC/C=C\CCCCCCCCCCCCCCCCCCCCCCCC(=O)OC(COC(=O)CCCCCCCCCCCCCCCCCCCCCCCCCCCCCCCCCCCCCCCCC)COC(OCC[N+](C)(C)C)C(=O)O. The summed E-state index contributed by atoms with van der Waals surface area (Å²) in [6.45, 7) is 4.98. The summed E-state index contributed by atoms with van der Waals surface area (Å²) in [7, 11) is 6.01. The van der Waals surface area contributed by atoms with Crippen LogP contribution in [0.4, 0.5) is 0 Å². The lowest BCUT2D eigenvalue weighted by Gasteiger charge is -2.25. The van der Waals surface area contributed by atoms with Crippen LogP contribution in [0.1, 0.15) is 476 Å². The molecule has 0 aliphatic carbocycles. The third-order valence-electron chi connectivity index (χ3n) is 20.5. The normalized spacial score (nSPS) is 12.5. The number of likely N-dealkylation sites (N-methyl/N-ethyl adjacent to an activating group) is 1. The zero-order chi connectivity index (χ0) is 70.4. The van der Waals surface area contributed by atoms with Crippen LogP contribution in [0, 0.1) is 0 Å². The molecule has 0 aromatic rings. The van der Waals surface area contributed by atoms with Crippen molar-refractivity contribution >= 4 is 17.9 Å². The fraction of sp³-hybridized carbons (Fsp3) is 0.943. The maximum absolute atomic E-state index is 13.0. The van der Waals surface area contributed by atoms with Crippen LogP contribution in [0.25, 0.3) is 0 Å². The fourth-order valence-corrected chi connectivity index (χ4v) is 13.8. The number of carbonyl (C=O) groups is 3. The van der Waals surface area contributed by atoms with Crippen LogP contribution in [0.2, 0.25) is 0 Å². The summed E-state index contributed by atoms with van der Waals surface area (Å²) < 4.78 is 23.1. The van der Waals surface area contributed by atoms with E-state index in [9.17, 15) is 19.5 Å². The van der Waals surface area contributed by atoms with Crippen molar-refractivity contribution in [2.45, 2.75) is 489 Å². The van der Waals surface area contributed by atoms with E-state index in [1.807, 2.05) is 21.1 Å². The Labute approximate surface area is 606 Å². The Morgan fingerprint density at radius 1 is 0.299 bits per heavy atom. The van der Waals surface area contributed by atoms with E-state index in [1.54, 1.807) is 0 Å². The standard InChI is InChI=1S/C88H171NO8/c1-6-8-10-12-14-16-18-20-22-24-26-28-30-32-34-36-38-40-41-42-43-44-45-47-48-50-52-54-56-58-60-62-64-66-68-70-72-74-76-78-85(90)95-82-84(83-96-88(87(92)93)94-81-80-89(3,4)5)97-86(91)79-77-75-73-71-69-67-65-63-61-59-57-55-53-51-49-46-39-37-35-33-31-29-27-25-23-21-19-17-15-13-11-9-7-2/h25,27,84,88H,6-24,26,28-83H2,1-5H3/p+1/b27-25-. The van der Waals surface area contributed by atoms with E-state index in [4.69, 9.17) is 18.9 Å². The maximum atomic E-state index is 13.0. The molecule has 2 unspecified atom stereocenters. The number of rotatable bonds is 84. The number of carboxylic acid groups (broad SMARTS) is 1. The van der Waals surface area contributed by atoms with E-state index in [0.29, 0.717) is 17.4 Å². The van der Waals surface area contributed by atoms with E-state index in [-0.39, 0.29) is 38.2 Å². The number of quaternary nitrogens is 1. The Morgan fingerprint density at radius 2 is 0.526 bits per heavy atom. The van der Waals surface area contributed by atoms with Crippen molar-refractivity contribution in [1.29, 1.82) is 0 Å². The Morgan fingerprint density at radius 3 is 0.763 bits per heavy atom. The van der Waals surface area contributed by atoms with E-state index >= 15 is 0 Å². The Kier molecular flexibility index (Phi) is 78.1. The van der Waals surface area contributed by atoms with Crippen LogP contribution >= 0.6 is 0 Å². The van der Waals surface area contributed by atoms with Gasteiger partial charge in [-0.05, 0) is 38.5 Å². The van der Waals surface area contributed by atoms with Gasteiger partial charge in [-0.25, -0.2) is 4.79 Å². The van der Waals surface area contributed by atoms with Crippen LogP contribution in [-0.4, -0.2) is 87.4 Å². The molecule has 0 rings (SSSR count). The summed E-state index contributed by atoms with van der Waals surface area (Å²) >= 11 is 0. The predicted molar refractivity (Wildman–Crippen MR) is 420 cm³/mol. The highest BCUT2D eigenvalue weighted by molar-refractivity contribution is 5.71. The number of hydrogen-bond donors (Lipinski definition) is 1. The van der Waals surface area contributed by atoms with Crippen molar-refractivity contribution in [3.63, 3.8) is 0 Å². The molecule has 0 aromatic carbocycles. The number of unbranched alkanes of at least 4 members (excludes halogenated alkanes) is 67. The molecule has 9 nitrogen and oxygen atoms in total. The van der Waals surface area contributed by atoms with Gasteiger partial charge < -0.3 is 28.5 Å². The van der Waals surface area contributed by atoms with E-state index in [2.05, 4.69) is 26.0 Å². The van der Waals surface area contributed by atoms with Gasteiger partial charge in [0.2, 0.25) is 0 Å². The molecule has 0 fully saturated rings. The van der Waals surface area contributed by atoms with Gasteiger partial charge >= 0.3 is 17.9 Å². The van der Waals surface area contributed by atoms with Gasteiger partial charge in [0.1, 0.15) is 13.2 Å². The molecule has 0 aliphatic rings. The number of esters is 2. The van der Waals surface area contributed by atoms with Crippen molar-refractivity contribution in [2.75, 3.05) is 47.5 Å². The minimum atomic E-state index is -1.51. The van der Waals surface area contributed by atoms with Gasteiger partial charge in [-0.2, -0.15) is 0 Å². The van der Waals surface area contributed by atoms with Gasteiger partial charge in [-0.3, -0.25) is 9.59 Å². The molecule has 2 atom stereocenters. The minimum absolute atomic E-state index is 0.173. The van der Waals surface area contributed by atoms with Gasteiger partial charge in [0, 0.05) is 12.8 Å². The van der Waals surface area contributed by atoms with Gasteiger partial charge in [0.05, 0.1) is 34.4 Å². The lowest BCUT2D eigenvalue weighted by atomic mass is 10.0. The Bertz CT molecular complexity index is 1600. The lowest BCUT2D eigenvalue weighted by Crippen LogP contribution is -2.40. The number of aliphatic carboxylic acids is 1. The first-order valence-electron chi connectivity index (χ1n) is 43.9. The smallest absolute Gasteiger partial charge is 0.361 e. The second-order valence-corrected chi connectivity index (χ2v) is 31.6. The van der Waals surface area contributed by atoms with Crippen LogP contribution in [0.15, 0.2) is 12.2 Å². The topological polar surface area (TPSA) is 108 Å². The second-order valence-electron chi connectivity index (χ2n) is 31.6. The molecule has 576 valence electrons. The number of nitrogens with zero attached hydrogens (tertiary/aromatic N) is 1. The molecule has 9 heteroatoms. The molecule has 0 saturated heterocycles. The quantitative estimate of drug-likeness (QED) is 0.0211. The van der Waals surface area contributed by atoms with Crippen molar-refractivity contribution in [2.24, 2.45) is 0 Å². The van der Waals surface area contributed by atoms with E-state index in [0.717, 1.165) is 38.5 Å². The number of hydrogen-bond acceptors (Lipinski definition) is 7. The molecular formula is C88H172NO8+. The van der Waals surface area contributed by atoms with E-state index in [1.165, 1.54) is 411 Å². The summed E-state index contributed by atoms with van der Waals surface area (Å²) in [5, 5.41) is 9.79. The predicted octanol–water partition coefficient (Wildman–Crippen LogP) is 28.3. The highest BCUT2D eigenvalue weighted by Gasteiger charge is 2.25. The van der Waals surface area contributed by atoms with Crippen molar-refractivity contribution in [1.82, 2.24) is 0 Å². The largest absolute Gasteiger partial charge is 0.477 e. The highest BCUT2D eigenvalue weighted by Crippen LogP contribution is 2.21. The van der Waals surface area contributed by atoms with E-state index < -0.39 is 18.4 Å². The minimum Gasteiger partial charge on any atom is -0.477 e. The average molecular weight is 1370 g/mol. The van der Waals surface area contributed by atoms with Crippen molar-refractivity contribution in [3.8, 4) is 0 Å². The van der Waals surface area contributed by atoms with Crippen LogP contribution in [0.5, 0.6) is 0 Å². The molecule has 0 heterocycles. The van der Waals surface area contributed by atoms with Crippen LogP contribution < -0.4 is 0 Å². The molecule has 97 heavy (non-hydrogen) atoms. The zero-order valence-electron chi connectivity index (χ0n) is 66.3. The third kappa shape index (κ3) is 81.2. The van der Waals surface area contributed by atoms with Gasteiger partial charge in [-0.1, -0.05) is 437 Å². The maximum Gasteiger partial charge on any atom is 0.361 e. The summed E-state index contributed by atoms with van der Waals surface area (Å²) in [4.78, 5) is 37.8. The fourth-order valence-electron chi connectivity index (χ4n) is 13.8. The number of carboxylic acids is 1. The van der Waals surface area contributed by atoms with Gasteiger partial charge in [0.15, 0.2) is 6.10 Å². The first kappa shape index (κ1) is 95.0. The van der Waals surface area contributed by atoms with Gasteiger partial charge in [-0.15, -0.1) is 0 Å². The molecule has 0 aromatic heterocycles. The molecule has 0 bridgehead atoms. The average Bonchev–Trinajstić information content (AvgIpc) is 2.59. The Hall–Kier alpha value is -1.97. The molecule has 0 spiro atoms. The van der Waals surface area contributed by atoms with Gasteiger partial charge in [0.25, 0.3) is 6.29 Å². The summed E-state index contributed by atoms with van der Waals surface area (Å²) in [6.07, 6.45) is 98.5. The first-order valence-corrected chi connectivity index (χ1v) is 43.9. The molecular weight excluding hydrogens is 1200 g/mol. The molecule has 0 radical (unpaired) electrons. The second kappa shape index (κ2) is 79.7. The summed E-state index contributed by atoms with van der Waals surface area (Å²) in [5.41, 5.74) is 0. The van der Waals surface area contributed by atoms with Crippen LogP contribution in [0.3, 0.4) is 0 Å². The summed E-state index contributed by atoms with van der Waals surface area (Å²) in [6, 6.07) is 0. The third-order valence-corrected chi connectivity index (χ3v) is 20.5. The zero-order valence-corrected chi connectivity index (χ0v) is 66.3. The molecule has 1 N–H and O–H groups in total. The number of ether oxygens (including phenoxy) is 4.